The highest BCUT2D eigenvalue weighted by Gasteiger charge is 2.75. The molecule has 9 heteroatoms. The quantitative estimate of drug-likeness (QED) is 0.398. The summed E-state index contributed by atoms with van der Waals surface area (Å²) in [5, 5.41) is 10.1. The summed E-state index contributed by atoms with van der Waals surface area (Å²) in [5.41, 5.74) is -0.528. The van der Waals surface area contributed by atoms with Gasteiger partial charge in [-0.05, 0) is 50.5 Å². The van der Waals surface area contributed by atoms with Crippen LogP contribution in [-0.4, -0.2) is 78.4 Å². The van der Waals surface area contributed by atoms with Crippen LogP contribution in [0.4, 0.5) is 5.69 Å². The first-order chi connectivity index (χ1) is 16.9. The summed E-state index contributed by atoms with van der Waals surface area (Å²) in [5.74, 6) is -2.07. The van der Waals surface area contributed by atoms with Gasteiger partial charge >= 0.3 is 5.97 Å². The molecular formula is C26H34N2O7. The van der Waals surface area contributed by atoms with Crippen LogP contribution < -0.4 is 9.64 Å². The fourth-order valence-corrected chi connectivity index (χ4v) is 6.05. The highest BCUT2D eigenvalue weighted by atomic mass is 16.6. The van der Waals surface area contributed by atoms with Crippen molar-refractivity contribution in [3.05, 3.63) is 36.9 Å². The summed E-state index contributed by atoms with van der Waals surface area (Å²) in [7, 11) is 1.57. The van der Waals surface area contributed by atoms with Gasteiger partial charge in [-0.2, -0.15) is 0 Å². The van der Waals surface area contributed by atoms with E-state index in [-0.39, 0.29) is 31.6 Å². The van der Waals surface area contributed by atoms with E-state index in [4.69, 9.17) is 14.2 Å². The number of benzene rings is 1. The number of aliphatic hydroxyl groups excluding tert-OH is 1. The first-order valence-corrected chi connectivity index (χ1v) is 12.2. The topological polar surface area (TPSA) is 106 Å². The SMILES string of the molecule is C=CCN(C(=O)C1N([C@@H](CC)CO)C(=O)[C@@H]2[C@@H](C(=O)OCC)[C@H]3CCC12O3)c1ccc(OC)cc1. The van der Waals surface area contributed by atoms with Gasteiger partial charge in [0.25, 0.3) is 5.91 Å². The number of carbonyl (C=O) groups is 3. The fraction of sp³-hybridized carbons (Fsp3) is 0.577. The number of rotatable bonds is 10. The Balaban J connectivity index is 1.79. The molecule has 0 aromatic heterocycles. The zero-order valence-corrected chi connectivity index (χ0v) is 20.5. The molecule has 6 atom stereocenters. The Morgan fingerprint density at radius 3 is 2.63 bits per heavy atom. The first-order valence-electron chi connectivity index (χ1n) is 12.2. The van der Waals surface area contributed by atoms with Gasteiger partial charge in [0.15, 0.2) is 0 Å². The highest BCUT2D eigenvalue weighted by molar-refractivity contribution is 6.04. The molecule has 3 fully saturated rings. The van der Waals surface area contributed by atoms with Gasteiger partial charge in [0, 0.05) is 12.2 Å². The molecule has 1 aromatic carbocycles. The maximum atomic E-state index is 14.3. The summed E-state index contributed by atoms with van der Waals surface area (Å²) in [6, 6.07) is 5.50. The molecule has 35 heavy (non-hydrogen) atoms. The van der Waals surface area contributed by atoms with Gasteiger partial charge in [0.05, 0.1) is 44.3 Å². The van der Waals surface area contributed by atoms with Crippen LogP contribution in [0.5, 0.6) is 5.75 Å². The van der Waals surface area contributed by atoms with E-state index < -0.39 is 41.6 Å². The van der Waals surface area contributed by atoms with Crippen molar-refractivity contribution in [1.82, 2.24) is 4.90 Å². The Morgan fingerprint density at radius 1 is 1.34 bits per heavy atom. The van der Waals surface area contributed by atoms with E-state index in [9.17, 15) is 19.5 Å². The molecule has 1 N–H and O–H groups in total. The lowest BCUT2D eigenvalue weighted by molar-refractivity contribution is -0.155. The van der Waals surface area contributed by atoms with Gasteiger partial charge in [-0.1, -0.05) is 13.0 Å². The second-order valence-corrected chi connectivity index (χ2v) is 9.23. The van der Waals surface area contributed by atoms with Crippen molar-refractivity contribution in [3.63, 3.8) is 0 Å². The average Bonchev–Trinajstić information content (AvgIpc) is 3.51. The summed E-state index contributed by atoms with van der Waals surface area (Å²) >= 11 is 0. The summed E-state index contributed by atoms with van der Waals surface area (Å²) in [6.07, 6.45) is 2.64. The molecule has 2 amide bonds. The van der Waals surface area contributed by atoms with Gasteiger partial charge in [0.1, 0.15) is 17.4 Å². The van der Waals surface area contributed by atoms with Crippen LogP contribution in [-0.2, 0) is 23.9 Å². The molecule has 4 rings (SSSR count). The molecule has 3 aliphatic heterocycles. The van der Waals surface area contributed by atoms with Crippen molar-refractivity contribution in [2.75, 3.05) is 31.8 Å². The number of anilines is 1. The number of aliphatic hydroxyl groups is 1. The van der Waals surface area contributed by atoms with Gasteiger partial charge in [-0.3, -0.25) is 14.4 Å². The van der Waals surface area contributed by atoms with Crippen LogP contribution in [0.15, 0.2) is 36.9 Å². The molecule has 3 heterocycles. The largest absolute Gasteiger partial charge is 0.497 e. The predicted molar refractivity (Wildman–Crippen MR) is 128 cm³/mol. The number of methoxy groups -OCH3 is 1. The minimum Gasteiger partial charge on any atom is -0.497 e. The molecule has 2 bridgehead atoms. The van der Waals surface area contributed by atoms with Crippen molar-refractivity contribution >= 4 is 23.5 Å². The Labute approximate surface area is 205 Å². The van der Waals surface area contributed by atoms with E-state index >= 15 is 0 Å². The van der Waals surface area contributed by atoms with Crippen molar-refractivity contribution in [2.45, 2.75) is 56.9 Å². The number of esters is 1. The van der Waals surface area contributed by atoms with Gasteiger partial charge in [-0.25, -0.2) is 0 Å². The number of hydrogen-bond donors (Lipinski definition) is 1. The van der Waals surface area contributed by atoms with Crippen LogP contribution in [0.2, 0.25) is 0 Å². The maximum Gasteiger partial charge on any atom is 0.312 e. The molecule has 1 spiro atoms. The van der Waals surface area contributed by atoms with Gasteiger partial charge in [-0.15, -0.1) is 6.58 Å². The van der Waals surface area contributed by atoms with Crippen LogP contribution >= 0.6 is 0 Å². The molecule has 190 valence electrons. The standard InChI is InChI=1S/C26H34N2O7/c1-5-14-27(17-8-10-18(33-4)11-9-17)24(31)22-26-13-12-19(35-26)20(25(32)34-7-3)21(26)23(30)28(22)16(6-2)15-29/h5,8-11,16,19-22,29H,1,6-7,12-15H2,2-4H3/t16-,19+,20-,21-,22?,26?/m0/s1. The Morgan fingerprint density at radius 2 is 2.06 bits per heavy atom. The molecular weight excluding hydrogens is 452 g/mol. The molecule has 1 aromatic rings. The minimum atomic E-state index is -1.15. The van der Waals surface area contributed by atoms with Crippen molar-refractivity contribution in [1.29, 1.82) is 0 Å². The van der Waals surface area contributed by atoms with Gasteiger partial charge < -0.3 is 29.1 Å². The van der Waals surface area contributed by atoms with E-state index in [2.05, 4.69) is 6.58 Å². The van der Waals surface area contributed by atoms with Crippen molar-refractivity contribution in [2.24, 2.45) is 11.8 Å². The summed E-state index contributed by atoms with van der Waals surface area (Å²) in [4.78, 5) is 44.1. The zero-order chi connectivity index (χ0) is 25.3. The third-order valence-electron chi connectivity index (χ3n) is 7.57. The lowest BCUT2D eigenvalue weighted by Gasteiger charge is -2.39. The van der Waals surface area contributed by atoms with Crippen LogP contribution in [0, 0.1) is 11.8 Å². The zero-order valence-electron chi connectivity index (χ0n) is 20.5. The second kappa shape index (κ2) is 9.99. The Bertz CT molecular complexity index is 976. The number of ether oxygens (including phenoxy) is 3. The normalized spacial score (nSPS) is 29.6. The molecule has 3 saturated heterocycles. The van der Waals surface area contributed by atoms with E-state index in [1.165, 1.54) is 4.90 Å². The van der Waals surface area contributed by atoms with Crippen LogP contribution in [0.3, 0.4) is 0 Å². The van der Waals surface area contributed by atoms with Crippen LogP contribution in [0.1, 0.15) is 33.1 Å². The maximum absolute atomic E-state index is 14.3. The van der Waals surface area contributed by atoms with E-state index in [0.717, 1.165) is 0 Å². The number of nitrogens with zero attached hydrogens (tertiary/aromatic N) is 2. The van der Waals surface area contributed by atoms with Crippen molar-refractivity contribution < 1.29 is 33.7 Å². The summed E-state index contributed by atoms with van der Waals surface area (Å²) in [6.45, 7) is 7.49. The van der Waals surface area contributed by atoms with Crippen molar-refractivity contribution in [3.8, 4) is 5.75 Å². The molecule has 3 aliphatic rings. The Hall–Kier alpha value is -2.91. The van der Waals surface area contributed by atoms with Crippen LogP contribution in [0.25, 0.3) is 0 Å². The Kier molecular flexibility index (Phi) is 7.19. The van der Waals surface area contributed by atoms with E-state index in [1.54, 1.807) is 49.3 Å². The monoisotopic (exact) mass is 486 g/mol. The molecule has 0 saturated carbocycles. The third-order valence-corrected chi connectivity index (χ3v) is 7.57. The second-order valence-electron chi connectivity index (χ2n) is 9.23. The average molecular weight is 487 g/mol. The lowest BCUT2D eigenvalue weighted by Crippen LogP contribution is -2.59. The molecule has 0 aliphatic carbocycles. The van der Waals surface area contributed by atoms with E-state index in [1.807, 2.05) is 6.92 Å². The lowest BCUT2D eigenvalue weighted by atomic mass is 9.70. The minimum absolute atomic E-state index is 0.195. The first kappa shape index (κ1) is 25.2. The number of carbonyl (C=O) groups excluding carboxylic acids is 3. The number of fused-ring (bicyclic) bond motifs is 1. The molecule has 9 nitrogen and oxygen atoms in total. The fourth-order valence-electron chi connectivity index (χ4n) is 6.05. The predicted octanol–water partition coefficient (Wildman–Crippen LogP) is 1.92. The van der Waals surface area contributed by atoms with Gasteiger partial charge in [0.2, 0.25) is 5.91 Å². The smallest absolute Gasteiger partial charge is 0.312 e. The third kappa shape index (κ3) is 3.90. The molecule has 0 radical (unpaired) electrons. The summed E-state index contributed by atoms with van der Waals surface area (Å²) < 4.78 is 16.9. The number of likely N-dealkylation sites (tertiary alicyclic amines) is 1. The highest BCUT2D eigenvalue weighted by Crippen LogP contribution is 2.59. The number of hydrogen-bond acceptors (Lipinski definition) is 7. The molecule has 2 unspecified atom stereocenters. The number of amides is 2. The van der Waals surface area contributed by atoms with E-state index in [0.29, 0.717) is 30.7 Å².